The Kier molecular flexibility index (Phi) is 6.71. The fraction of sp³-hybridized carbons (Fsp3) is 0.500. The molecule has 1 heterocycles. The van der Waals surface area contributed by atoms with Gasteiger partial charge in [-0.05, 0) is 38.0 Å². The van der Waals surface area contributed by atoms with Gasteiger partial charge >= 0.3 is 0 Å². The predicted molar refractivity (Wildman–Crippen MR) is 82.5 cm³/mol. The first-order valence-electron chi connectivity index (χ1n) is 6.63. The third kappa shape index (κ3) is 4.73. The summed E-state index contributed by atoms with van der Waals surface area (Å²) < 4.78 is 18.5. The summed E-state index contributed by atoms with van der Waals surface area (Å²) in [6.45, 7) is 2.95. The van der Waals surface area contributed by atoms with Crippen LogP contribution < -0.4 is 10.5 Å². The van der Waals surface area contributed by atoms with Crippen molar-refractivity contribution in [2.75, 3.05) is 13.1 Å². The lowest BCUT2D eigenvalue weighted by atomic mass is 10.1. The van der Waals surface area contributed by atoms with E-state index in [1.807, 2.05) is 0 Å². The van der Waals surface area contributed by atoms with Gasteiger partial charge in [0.25, 0.3) is 5.91 Å². The fourth-order valence-corrected chi connectivity index (χ4v) is 2.40. The first kappa shape index (κ1) is 18.0. The highest BCUT2D eigenvalue weighted by atomic mass is 35.5. The molecular formula is C14H19Cl2FN2O2. The summed E-state index contributed by atoms with van der Waals surface area (Å²) in [6, 6.07) is 4.00. The minimum absolute atomic E-state index is 0. The van der Waals surface area contributed by atoms with Gasteiger partial charge in [-0.2, -0.15) is 0 Å². The summed E-state index contributed by atoms with van der Waals surface area (Å²) in [5.41, 5.74) is 5.81. The Morgan fingerprint density at radius 3 is 2.67 bits per heavy atom. The molecule has 1 aliphatic rings. The number of halogens is 3. The Morgan fingerprint density at radius 1 is 1.48 bits per heavy atom. The van der Waals surface area contributed by atoms with Crippen molar-refractivity contribution in [2.45, 2.75) is 31.9 Å². The molecule has 7 heteroatoms. The number of rotatable bonds is 3. The molecule has 1 aromatic rings. The molecule has 4 nitrogen and oxygen atoms in total. The maximum absolute atomic E-state index is 12.9. The number of hydrogen-bond donors (Lipinski definition) is 1. The van der Waals surface area contributed by atoms with E-state index in [9.17, 15) is 9.18 Å². The van der Waals surface area contributed by atoms with Crippen LogP contribution in [0.15, 0.2) is 18.2 Å². The fourth-order valence-electron chi connectivity index (χ4n) is 2.19. The molecule has 118 valence electrons. The summed E-state index contributed by atoms with van der Waals surface area (Å²) in [6.07, 6.45) is 0.943. The maximum Gasteiger partial charge on any atom is 0.263 e. The van der Waals surface area contributed by atoms with Crippen LogP contribution in [-0.2, 0) is 4.79 Å². The average molecular weight is 337 g/mol. The molecule has 1 amide bonds. The number of carbonyl (C=O) groups is 1. The Bertz CT molecular complexity index is 494. The Balaban J connectivity index is 0.00000220. The van der Waals surface area contributed by atoms with E-state index in [0.717, 1.165) is 18.9 Å². The van der Waals surface area contributed by atoms with Gasteiger partial charge in [0.1, 0.15) is 11.6 Å². The second-order valence-electron chi connectivity index (χ2n) is 5.00. The van der Waals surface area contributed by atoms with Gasteiger partial charge in [0.05, 0.1) is 5.02 Å². The van der Waals surface area contributed by atoms with Crippen molar-refractivity contribution in [3.05, 3.63) is 29.0 Å². The Morgan fingerprint density at radius 2 is 2.10 bits per heavy atom. The van der Waals surface area contributed by atoms with Crippen LogP contribution in [-0.4, -0.2) is 36.0 Å². The van der Waals surface area contributed by atoms with E-state index < -0.39 is 11.9 Å². The van der Waals surface area contributed by atoms with Crippen LogP contribution in [0.3, 0.4) is 0 Å². The number of hydrogen-bond acceptors (Lipinski definition) is 3. The van der Waals surface area contributed by atoms with Crippen molar-refractivity contribution in [2.24, 2.45) is 5.73 Å². The van der Waals surface area contributed by atoms with Crippen LogP contribution in [0, 0.1) is 5.82 Å². The van der Waals surface area contributed by atoms with E-state index in [1.165, 1.54) is 12.1 Å². The Hall–Kier alpha value is -1.04. The molecule has 1 aliphatic heterocycles. The highest BCUT2D eigenvalue weighted by Crippen LogP contribution is 2.26. The second kappa shape index (κ2) is 7.82. The molecule has 2 rings (SSSR count). The van der Waals surface area contributed by atoms with E-state index in [0.29, 0.717) is 18.8 Å². The molecule has 1 unspecified atom stereocenters. The van der Waals surface area contributed by atoms with Gasteiger partial charge in [-0.3, -0.25) is 4.79 Å². The number of carbonyl (C=O) groups excluding carboxylic acids is 1. The van der Waals surface area contributed by atoms with E-state index in [-0.39, 0.29) is 29.4 Å². The topological polar surface area (TPSA) is 55.6 Å². The van der Waals surface area contributed by atoms with Crippen LogP contribution in [0.25, 0.3) is 0 Å². The van der Waals surface area contributed by atoms with E-state index >= 15 is 0 Å². The van der Waals surface area contributed by atoms with Gasteiger partial charge in [-0.15, -0.1) is 12.4 Å². The number of nitrogens with two attached hydrogens (primary N) is 1. The summed E-state index contributed by atoms with van der Waals surface area (Å²) in [5, 5.41) is 0.158. The van der Waals surface area contributed by atoms with Gasteiger partial charge in [0, 0.05) is 19.1 Å². The number of amides is 1. The predicted octanol–water partition coefficient (Wildman–Crippen LogP) is 2.62. The minimum Gasteiger partial charge on any atom is -0.479 e. The zero-order chi connectivity index (χ0) is 14.7. The molecule has 0 aliphatic carbocycles. The monoisotopic (exact) mass is 336 g/mol. The average Bonchev–Trinajstić information content (AvgIpc) is 2.42. The molecule has 21 heavy (non-hydrogen) atoms. The SMILES string of the molecule is CC(Oc1ccc(F)cc1Cl)C(=O)N1CCC(N)CC1.Cl. The third-order valence-corrected chi connectivity index (χ3v) is 3.69. The third-order valence-electron chi connectivity index (χ3n) is 3.40. The lowest BCUT2D eigenvalue weighted by molar-refractivity contribution is -0.139. The highest BCUT2D eigenvalue weighted by molar-refractivity contribution is 6.32. The van der Waals surface area contributed by atoms with Crippen molar-refractivity contribution in [3.8, 4) is 5.75 Å². The molecule has 0 radical (unpaired) electrons. The molecule has 0 saturated carbocycles. The molecule has 1 atom stereocenters. The van der Waals surface area contributed by atoms with Crippen LogP contribution in [0.5, 0.6) is 5.75 Å². The maximum atomic E-state index is 12.9. The first-order chi connectivity index (χ1) is 9.47. The van der Waals surface area contributed by atoms with E-state index in [4.69, 9.17) is 22.1 Å². The zero-order valence-corrected chi connectivity index (χ0v) is 13.3. The van der Waals surface area contributed by atoms with Gasteiger partial charge in [0.15, 0.2) is 6.10 Å². The van der Waals surface area contributed by atoms with Crippen LogP contribution in [0.2, 0.25) is 5.02 Å². The van der Waals surface area contributed by atoms with Crippen LogP contribution >= 0.6 is 24.0 Å². The first-order valence-corrected chi connectivity index (χ1v) is 7.01. The van der Waals surface area contributed by atoms with Crippen molar-refractivity contribution < 1.29 is 13.9 Å². The molecule has 0 bridgehead atoms. The highest BCUT2D eigenvalue weighted by Gasteiger charge is 2.26. The van der Waals surface area contributed by atoms with Crippen molar-refractivity contribution in [3.63, 3.8) is 0 Å². The summed E-state index contributed by atoms with van der Waals surface area (Å²) in [7, 11) is 0. The number of benzene rings is 1. The number of likely N-dealkylation sites (tertiary alicyclic amines) is 1. The summed E-state index contributed by atoms with van der Waals surface area (Å²) >= 11 is 5.88. The quantitative estimate of drug-likeness (QED) is 0.923. The molecular weight excluding hydrogens is 318 g/mol. The van der Waals surface area contributed by atoms with Gasteiger partial charge in [-0.1, -0.05) is 11.6 Å². The summed E-state index contributed by atoms with van der Waals surface area (Å²) in [5.74, 6) is -0.230. The van der Waals surface area contributed by atoms with Crippen LogP contribution in [0.4, 0.5) is 4.39 Å². The molecule has 1 saturated heterocycles. The van der Waals surface area contributed by atoms with Gasteiger partial charge in [-0.25, -0.2) is 4.39 Å². The standard InChI is InChI=1S/C14H18ClFN2O2.ClH/c1-9(14(19)18-6-4-11(17)5-7-18)20-13-3-2-10(16)8-12(13)15;/h2-3,8-9,11H,4-7,17H2,1H3;1H. The smallest absolute Gasteiger partial charge is 0.263 e. The second-order valence-corrected chi connectivity index (χ2v) is 5.40. The normalized spacial score (nSPS) is 17.0. The molecule has 0 aromatic heterocycles. The van der Waals surface area contributed by atoms with Gasteiger partial charge < -0.3 is 15.4 Å². The lowest BCUT2D eigenvalue weighted by Crippen LogP contribution is -2.47. The van der Waals surface area contributed by atoms with Crippen LogP contribution in [0.1, 0.15) is 19.8 Å². The largest absolute Gasteiger partial charge is 0.479 e. The number of ether oxygens (including phenoxy) is 1. The number of piperidine rings is 1. The summed E-state index contributed by atoms with van der Waals surface area (Å²) in [4.78, 5) is 14.0. The Labute approximate surface area is 134 Å². The molecule has 1 aromatic carbocycles. The minimum atomic E-state index is -0.660. The van der Waals surface area contributed by atoms with Crippen molar-refractivity contribution in [1.29, 1.82) is 0 Å². The lowest BCUT2D eigenvalue weighted by Gasteiger charge is -2.32. The number of nitrogens with zero attached hydrogens (tertiary/aromatic N) is 1. The zero-order valence-electron chi connectivity index (χ0n) is 11.7. The van der Waals surface area contributed by atoms with Gasteiger partial charge in [0.2, 0.25) is 0 Å². The molecule has 0 spiro atoms. The van der Waals surface area contributed by atoms with E-state index in [1.54, 1.807) is 11.8 Å². The molecule has 1 fully saturated rings. The molecule has 2 N–H and O–H groups in total. The van der Waals surface area contributed by atoms with Crippen molar-refractivity contribution in [1.82, 2.24) is 4.90 Å². The van der Waals surface area contributed by atoms with E-state index in [2.05, 4.69) is 0 Å². The van der Waals surface area contributed by atoms with Crippen molar-refractivity contribution >= 4 is 29.9 Å².